The number of quaternary nitrogens is 1. The highest BCUT2D eigenvalue weighted by Gasteiger charge is 2.71. The maximum absolute atomic E-state index is 13.1. The maximum Gasteiger partial charge on any atom is 0.349 e. The standard InChI is InChI=1S/C19H22NO4S2.CH2Cl2.BrH/c1-20(2)12-9-11(10-13(20)17-16(12)24-17)23-18(21)19(22,14-5-3-7-25-14)15-6-4-8-26-15;2-1-3;/h3-8,11-13,16-17,22H,9-10H2,1-2H3;1H2;1H/q+1;;/p-1/t11?,12-,13+,16-,17+;;. The molecule has 1 unspecified atom stereocenters. The number of thiophene rings is 2. The van der Waals surface area contributed by atoms with Crippen LogP contribution in [-0.4, -0.2) is 65.4 Å². The molecular formula is C20H24BrCl2NO4S2. The van der Waals surface area contributed by atoms with E-state index in [1.165, 1.54) is 22.7 Å². The second-order valence-electron chi connectivity index (χ2n) is 8.09. The molecule has 3 fully saturated rings. The van der Waals surface area contributed by atoms with Gasteiger partial charge in [-0.25, -0.2) is 4.79 Å². The van der Waals surface area contributed by atoms with Gasteiger partial charge in [0.25, 0.3) is 0 Å². The van der Waals surface area contributed by atoms with Crippen LogP contribution in [0, 0.1) is 0 Å². The van der Waals surface area contributed by atoms with Gasteiger partial charge >= 0.3 is 5.97 Å². The molecule has 166 valence electrons. The first-order chi connectivity index (χ1) is 13.8. The summed E-state index contributed by atoms with van der Waals surface area (Å²) in [6, 6.07) is 8.01. The van der Waals surface area contributed by atoms with Gasteiger partial charge in [-0.05, 0) is 22.9 Å². The number of piperidine rings is 1. The molecule has 0 radical (unpaired) electrons. The largest absolute Gasteiger partial charge is 1.00 e. The molecule has 2 aromatic rings. The van der Waals surface area contributed by atoms with E-state index in [1.807, 2.05) is 22.9 Å². The number of likely N-dealkylation sites (N-methyl/N-ethyl adjacent to an activating group) is 1. The van der Waals surface area contributed by atoms with Crippen molar-refractivity contribution in [3.8, 4) is 0 Å². The molecule has 2 aromatic heterocycles. The van der Waals surface area contributed by atoms with E-state index in [4.69, 9.17) is 32.7 Å². The first-order valence-electron chi connectivity index (χ1n) is 9.46. The van der Waals surface area contributed by atoms with E-state index in [9.17, 15) is 9.90 Å². The first-order valence-corrected chi connectivity index (χ1v) is 12.3. The Kier molecular flexibility index (Phi) is 7.62. The van der Waals surface area contributed by atoms with Crippen LogP contribution < -0.4 is 17.0 Å². The highest BCUT2D eigenvalue weighted by Crippen LogP contribution is 2.52. The van der Waals surface area contributed by atoms with Crippen molar-refractivity contribution in [2.45, 2.75) is 48.8 Å². The lowest BCUT2D eigenvalue weighted by Crippen LogP contribution is -3.00. The molecule has 0 aromatic carbocycles. The van der Waals surface area contributed by atoms with Gasteiger partial charge in [-0.1, -0.05) is 12.1 Å². The van der Waals surface area contributed by atoms with Crippen LogP contribution in [0.1, 0.15) is 22.6 Å². The number of nitrogens with zero attached hydrogens (tertiary/aromatic N) is 1. The van der Waals surface area contributed by atoms with Gasteiger partial charge in [0.1, 0.15) is 30.4 Å². The molecular weight excluding hydrogens is 533 g/mol. The number of carbonyl (C=O) groups excluding carboxylic acids is 1. The van der Waals surface area contributed by atoms with Crippen molar-refractivity contribution in [1.29, 1.82) is 0 Å². The fraction of sp³-hybridized carbons (Fsp3) is 0.550. The lowest BCUT2D eigenvalue weighted by Gasteiger charge is -2.45. The van der Waals surface area contributed by atoms with Gasteiger partial charge in [0.15, 0.2) is 0 Å². The average molecular weight is 557 g/mol. The summed E-state index contributed by atoms with van der Waals surface area (Å²) < 4.78 is 12.6. The molecule has 0 amide bonds. The van der Waals surface area contributed by atoms with Crippen molar-refractivity contribution in [2.75, 3.05) is 19.4 Å². The van der Waals surface area contributed by atoms with E-state index in [1.54, 1.807) is 12.1 Å². The average Bonchev–Trinajstić information content (AvgIpc) is 3.04. The van der Waals surface area contributed by atoms with Crippen molar-refractivity contribution in [2.24, 2.45) is 0 Å². The van der Waals surface area contributed by atoms with E-state index in [2.05, 4.69) is 14.1 Å². The summed E-state index contributed by atoms with van der Waals surface area (Å²) >= 11 is 12.3. The van der Waals surface area contributed by atoms with E-state index >= 15 is 0 Å². The zero-order chi connectivity index (χ0) is 20.8. The molecule has 5 atom stereocenters. The van der Waals surface area contributed by atoms with Crippen LogP contribution >= 0.6 is 45.9 Å². The van der Waals surface area contributed by atoms with Crippen molar-refractivity contribution in [3.05, 3.63) is 44.8 Å². The molecule has 0 aliphatic carbocycles. The number of esters is 1. The molecule has 30 heavy (non-hydrogen) atoms. The minimum Gasteiger partial charge on any atom is -1.00 e. The lowest BCUT2D eigenvalue weighted by molar-refractivity contribution is -0.938. The molecule has 10 heteroatoms. The van der Waals surface area contributed by atoms with Crippen LogP contribution in [0.15, 0.2) is 35.0 Å². The van der Waals surface area contributed by atoms with E-state index < -0.39 is 11.6 Å². The van der Waals surface area contributed by atoms with Gasteiger partial charge in [-0.15, -0.1) is 45.9 Å². The van der Waals surface area contributed by atoms with E-state index in [0.717, 1.165) is 17.3 Å². The second kappa shape index (κ2) is 9.35. The summed E-state index contributed by atoms with van der Waals surface area (Å²) in [5.74, 6) is -0.561. The lowest BCUT2D eigenvalue weighted by atomic mass is 9.95. The molecule has 0 saturated carbocycles. The summed E-state index contributed by atoms with van der Waals surface area (Å²) in [5, 5.41) is 15.3. The number of fused-ring (bicyclic) bond motifs is 5. The third-order valence-corrected chi connectivity index (χ3v) is 8.32. The molecule has 5 heterocycles. The van der Waals surface area contributed by atoms with Gasteiger partial charge in [0.2, 0.25) is 5.60 Å². The maximum atomic E-state index is 13.1. The first kappa shape index (κ1) is 24.5. The van der Waals surface area contributed by atoms with Gasteiger partial charge in [0, 0.05) is 12.8 Å². The normalized spacial score (nSPS) is 30.4. The minimum atomic E-state index is -1.72. The number of ether oxygens (including phenoxy) is 2. The third kappa shape index (κ3) is 4.10. The fourth-order valence-corrected chi connectivity index (χ4v) is 6.54. The summed E-state index contributed by atoms with van der Waals surface area (Å²) in [6.45, 7) is 0. The Labute approximate surface area is 204 Å². The predicted octanol–water partition coefficient (Wildman–Crippen LogP) is 0.771. The number of hydrogen-bond donors (Lipinski definition) is 1. The smallest absolute Gasteiger partial charge is 0.349 e. The molecule has 3 aliphatic rings. The molecule has 5 nitrogen and oxygen atoms in total. The number of hydrogen-bond acceptors (Lipinski definition) is 6. The summed E-state index contributed by atoms with van der Waals surface area (Å²) in [5.41, 5.74) is -1.72. The Balaban J connectivity index is 0.000000606. The number of halogens is 3. The highest BCUT2D eigenvalue weighted by molar-refractivity contribution is 7.12. The van der Waals surface area contributed by atoms with E-state index in [0.29, 0.717) is 34.0 Å². The number of carbonyl (C=O) groups is 1. The molecule has 0 spiro atoms. The SMILES string of the molecule is C[N+]1(C)[C@@H]2CC(OC(=O)C(O)(c3cccs3)c3cccs3)C[C@H]1[C@@H]1O[C@@H]12.ClCCl.[Br-]. The number of rotatable bonds is 4. The molecule has 5 rings (SSSR count). The van der Waals surface area contributed by atoms with Crippen molar-refractivity contribution in [3.63, 3.8) is 0 Å². The number of epoxide rings is 1. The monoisotopic (exact) mass is 555 g/mol. The Bertz CT molecular complexity index is 795. The third-order valence-electron chi connectivity index (χ3n) is 6.36. The molecule has 3 saturated heterocycles. The number of aliphatic hydroxyl groups is 1. The van der Waals surface area contributed by atoms with Gasteiger partial charge in [-0.3, -0.25) is 0 Å². The fourth-order valence-electron chi connectivity index (χ4n) is 4.83. The minimum absolute atomic E-state index is 0. The van der Waals surface area contributed by atoms with E-state index in [-0.39, 0.29) is 28.4 Å². The summed E-state index contributed by atoms with van der Waals surface area (Å²) in [6.07, 6.45) is 2.05. The van der Waals surface area contributed by atoms with Crippen LogP contribution in [0.4, 0.5) is 0 Å². The van der Waals surface area contributed by atoms with Crippen LogP contribution in [-0.2, 0) is 19.9 Å². The molecule has 3 aliphatic heterocycles. The molecule has 1 N–H and O–H groups in total. The van der Waals surface area contributed by atoms with Gasteiger partial charge in [-0.2, -0.15) is 0 Å². The van der Waals surface area contributed by atoms with Crippen LogP contribution in [0.5, 0.6) is 0 Å². The van der Waals surface area contributed by atoms with Crippen LogP contribution in [0.3, 0.4) is 0 Å². The van der Waals surface area contributed by atoms with Gasteiger partial charge < -0.3 is 36.0 Å². The predicted molar refractivity (Wildman–Crippen MR) is 116 cm³/mol. The second-order valence-corrected chi connectivity index (χ2v) is 10.8. The Morgan fingerprint density at radius 1 is 1.17 bits per heavy atom. The van der Waals surface area contributed by atoms with Crippen molar-refractivity contribution in [1.82, 2.24) is 0 Å². The van der Waals surface area contributed by atoms with Crippen LogP contribution in [0.25, 0.3) is 0 Å². The van der Waals surface area contributed by atoms with Crippen molar-refractivity contribution < 1.29 is 40.8 Å². The Morgan fingerprint density at radius 2 is 1.63 bits per heavy atom. The van der Waals surface area contributed by atoms with Crippen molar-refractivity contribution >= 4 is 51.8 Å². The summed E-state index contributed by atoms with van der Waals surface area (Å²) in [7, 11) is 4.49. The Morgan fingerprint density at radius 3 is 2.03 bits per heavy atom. The van der Waals surface area contributed by atoms with Gasteiger partial charge in [0.05, 0.1) is 29.2 Å². The number of morpholine rings is 1. The Hall–Kier alpha value is -0.190. The highest BCUT2D eigenvalue weighted by atomic mass is 79.9. The molecule has 2 bridgehead atoms. The quantitative estimate of drug-likeness (QED) is 0.262. The number of alkyl halides is 2. The zero-order valence-electron chi connectivity index (χ0n) is 16.5. The summed E-state index contributed by atoms with van der Waals surface area (Å²) in [4.78, 5) is 14.3. The topological polar surface area (TPSA) is 59.1 Å². The zero-order valence-corrected chi connectivity index (χ0v) is 21.3. The van der Waals surface area contributed by atoms with Crippen LogP contribution in [0.2, 0.25) is 0 Å².